The second-order valence-electron chi connectivity index (χ2n) is 4.62. The lowest BCUT2D eigenvalue weighted by atomic mass is 10.3. The first-order valence-corrected chi connectivity index (χ1v) is 8.06. The maximum Gasteiger partial charge on any atom is 0.190 e. The van der Waals surface area contributed by atoms with Crippen LogP contribution in [0.2, 0.25) is 5.02 Å². The highest BCUT2D eigenvalue weighted by molar-refractivity contribution is 7.07. The molecule has 0 saturated heterocycles. The number of benzene rings is 1. The molecule has 0 aliphatic carbocycles. The molecule has 0 aliphatic heterocycles. The van der Waals surface area contributed by atoms with E-state index in [2.05, 4.69) is 16.9 Å². The van der Waals surface area contributed by atoms with Crippen molar-refractivity contribution < 1.29 is 4.42 Å². The van der Waals surface area contributed by atoms with Gasteiger partial charge in [0.1, 0.15) is 0 Å². The van der Waals surface area contributed by atoms with Crippen molar-refractivity contribution >= 4 is 28.6 Å². The summed E-state index contributed by atoms with van der Waals surface area (Å²) >= 11 is 7.53. The Kier molecular flexibility index (Phi) is 4.27. The number of aromatic nitrogens is 1. The van der Waals surface area contributed by atoms with Crippen LogP contribution in [0.4, 0.5) is 5.69 Å². The molecule has 0 radical (unpaired) electrons. The zero-order valence-electron chi connectivity index (χ0n) is 11.6. The maximum atomic E-state index is 5.91. The third-order valence-electron chi connectivity index (χ3n) is 3.07. The number of hydrogen-bond donors (Lipinski definition) is 0. The van der Waals surface area contributed by atoms with Crippen molar-refractivity contribution in [3.05, 3.63) is 57.9 Å². The van der Waals surface area contributed by atoms with E-state index in [-0.39, 0.29) is 0 Å². The van der Waals surface area contributed by atoms with Gasteiger partial charge in [-0.05, 0) is 42.8 Å². The van der Waals surface area contributed by atoms with Gasteiger partial charge in [0.05, 0.1) is 17.6 Å². The first-order chi connectivity index (χ1) is 10.3. The average Bonchev–Trinajstić information content (AvgIpc) is 3.12. The summed E-state index contributed by atoms with van der Waals surface area (Å²) in [5, 5.41) is 2.81. The third-order valence-corrected chi connectivity index (χ3v) is 4.19. The van der Waals surface area contributed by atoms with Gasteiger partial charge in [0.25, 0.3) is 0 Å². The highest BCUT2D eigenvalue weighted by atomic mass is 35.5. The number of furan rings is 1. The minimum atomic E-state index is 0.720. The van der Waals surface area contributed by atoms with Crippen LogP contribution in [0.3, 0.4) is 0 Å². The second kappa shape index (κ2) is 6.33. The summed E-state index contributed by atoms with van der Waals surface area (Å²) in [6, 6.07) is 11.4. The molecule has 0 spiro atoms. The Balaban J connectivity index is 2.08. The minimum Gasteiger partial charge on any atom is -0.463 e. The van der Waals surface area contributed by atoms with Crippen LogP contribution in [0.5, 0.6) is 0 Å². The number of thiazole rings is 1. The van der Waals surface area contributed by atoms with Crippen LogP contribution >= 0.6 is 22.9 Å². The summed E-state index contributed by atoms with van der Waals surface area (Å²) in [7, 11) is 0. The lowest BCUT2D eigenvalue weighted by molar-refractivity contribution is 0.567. The molecular weight excluding hydrogens is 304 g/mol. The van der Waals surface area contributed by atoms with E-state index in [1.807, 2.05) is 36.4 Å². The Labute approximate surface area is 132 Å². The normalized spacial score (nSPS) is 12.0. The van der Waals surface area contributed by atoms with Gasteiger partial charge in [-0.1, -0.05) is 18.5 Å². The predicted molar refractivity (Wildman–Crippen MR) is 87.0 cm³/mol. The number of nitrogens with zero attached hydrogens (tertiary/aromatic N) is 2. The molecule has 2 heterocycles. The number of hydrogen-bond acceptors (Lipinski definition) is 3. The number of halogens is 1. The van der Waals surface area contributed by atoms with Gasteiger partial charge >= 0.3 is 0 Å². The summed E-state index contributed by atoms with van der Waals surface area (Å²) in [6.45, 7) is 3.06. The van der Waals surface area contributed by atoms with Crippen LogP contribution in [0.25, 0.3) is 11.5 Å². The molecule has 0 atom stereocenters. The van der Waals surface area contributed by atoms with Gasteiger partial charge in [-0.15, -0.1) is 11.3 Å². The van der Waals surface area contributed by atoms with Crippen molar-refractivity contribution in [1.82, 2.24) is 4.57 Å². The van der Waals surface area contributed by atoms with E-state index in [1.165, 1.54) is 0 Å². The summed E-state index contributed by atoms with van der Waals surface area (Å²) in [6.07, 6.45) is 2.73. The quantitative estimate of drug-likeness (QED) is 0.658. The van der Waals surface area contributed by atoms with Crippen molar-refractivity contribution in [3.63, 3.8) is 0 Å². The van der Waals surface area contributed by atoms with E-state index in [9.17, 15) is 0 Å². The van der Waals surface area contributed by atoms with Crippen LogP contribution in [0.1, 0.15) is 13.3 Å². The average molecular weight is 319 g/mol. The van der Waals surface area contributed by atoms with Crippen LogP contribution in [0, 0.1) is 0 Å². The molecule has 0 unspecified atom stereocenters. The van der Waals surface area contributed by atoms with Gasteiger partial charge in [0.2, 0.25) is 0 Å². The fourth-order valence-electron chi connectivity index (χ4n) is 2.11. The summed E-state index contributed by atoms with van der Waals surface area (Å²) in [5.41, 5.74) is 1.97. The molecule has 0 amide bonds. The van der Waals surface area contributed by atoms with Crippen LogP contribution < -0.4 is 4.80 Å². The summed E-state index contributed by atoms with van der Waals surface area (Å²) in [5.74, 6) is 0.872. The molecule has 3 aromatic rings. The topological polar surface area (TPSA) is 30.4 Å². The molecule has 108 valence electrons. The summed E-state index contributed by atoms with van der Waals surface area (Å²) in [4.78, 5) is 5.68. The molecule has 21 heavy (non-hydrogen) atoms. The second-order valence-corrected chi connectivity index (χ2v) is 5.89. The molecule has 0 saturated carbocycles. The zero-order chi connectivity index (χ0) is 14.7. The monoisotopic (exact) mass is 318 g/mol. The molecule has 3 rings (SSSR count). The molecule has 1 aromatic carbocycles. The van der Waals surface area contributed by atoms with Gasteiger partial charge in [-0.25, -0.2) is 4.99 Å². The van der Waals surface area contributed by atoms with Crippen molar-refractivity contribution in [2.24, 2.45) is 4.99 Å². The third kappa shape index (κ3) is 3.12. The van der Waals surface area contributed by atoms with Crippen molar-refractivity contribution in [2.75, 3.05) is 0 Å². The van der Waals surface area contributed by atoms with E-state index >= 15 is 0 Å². The van der Waals surface area contributed by atoms with Gasteiger partial charge in [0, 0.05) is 16.9 Å². The van der Waals surface area contributed by atoms with Crippen molar-refractivity contribution in [3.8, 4) is 11.5 Å². The standard InChI is InChI=1S/C16H15ClN2OS/c1-2-9-19-14(15-4-3-10-20-15)11-21-16(19)18-13-7-5-12(17)6-8-13/h3-8,10-11H,2,9H2,1H3. The van der Waals surface area contributed by atoms with Gasteiger partial charge in [-0.2, -0.15) is 0 Å². The Bertz CT molecular complexity index is 769. The fourth-order valence-corrected chi connectivity index (χ4v) is 3.17. The Morgan fingerprint density at radius 3 is 2.71 bits per heavy atom. The molecule has 0 aliphatic rings. The van der Waals surface area contributed by atoms with E-state index in [4.69, 9.17) is 21.0 Å². The maximum absolute atomic E-state index is 5.91. The van der Waals surface area contributed by atoms with Crippen LogP contribution in [-0.2, 0) is 6.54 Å². The van der Waals surface area contributed by atoms with Gasteiger partial charge in [-0.3, -0.25) is 0 Å². The first-order valence-electron chi connectivity index (χ1n) is 6.80. The predicted octanol–water partition coefficient (Wildman–Crippen LogP) is 5.11. The lowest BCUT2D eigenvalue weighted by Crippen LogP contribution is -2.15. The largest absolute Gasteiger partial charge is 0.463 e. The van der Waals surface area contributed by atoms with Crippen molar-refractivity contribution in [1.29, 1.82) is 0 Å². The Morgan fingerprint density at radius 1 is 1.24 bits per heavy atom. The molecule has 2 aromatic heterocycles. The lowest BCUT2D eigenvalue weighted by Gasteiger charge is -2.05. The smallest absolute Gasteiger partial charge is 0.190 e. The van der Waals surface area contributed by atoms with E-state index < -0.39 is 0 Å². The summed E-state index contributed by atoms with van der Waals surface area (Å²) < 4.78 is 7.71. The molecule has 3 nitrogen and oxygen atoms in total. The van der Waals surface area contributed by atoms with Crippen LogP contribution in [-0.4, -0.2) is 4.57 Å². The van der Waals surface area contributed by atoms with Crippen LogP contribution in [0.15, 0.2) is 57.5 Å². The first kappa shape index (κ1) is 14.2. The fraction of sp³-hybridized carbons (Fsp3) is 0.188. The van der Waals surface area contributed by atoms with E-state index in [1.54, 1.807) is 17.6 Å². The molecule has 0 N–H and O–H groups in total. The molecular formula is C16H15ClN2OS. The SMILES string of the molecule is CCCn1c(-c2ccco2)csc1=Nc1ccc(Cl)cc1. The molecule has 5 heteroatoms. The highest BCUT2D eigenvalue weighted by Gasteiger charge is 2.09. The minimum absolute atomic E-state index is 0.720. The number of rotatable bonds is 4. The van der Waals surface area contributed by atoms with E-state index in [0.29, 0.717) is 0 Å². The Hall–Kier alpha value is -1.78. The zero-order valence-corrected chi connectivity index (χ0v) is 13.2. The van der Waals surface area contributed by atoms with Crippen molar-refractivity contribution in [2.45, 2.75) is 19.9 Å². The highest BCUT2D eigenvalue weighted by Crippen LogP contribution is 2.22. The van der Waals surface area contributed by atoms with Gasteiger partial charge < -0.3 is 8.98 Å². The molecule has 0 bridgehead atoms. The Morgan fingerprint density at radius 2 is 2.05 bits per heavy atom. The van der Waals surface area contributed by atoms with E-state index in [0.717, 1.165) is 39.9 Å². The van der Waals surface area contributed by atoms with Gasteiger partial charge in [0.15, 0.2) is 10.6 Å². The molecule has 0 fully saturated rings.